The minimum atomic E-state index is -0.632. The maximum absolute atomic E-state index is 13.6. The Kier molecular flexibility index (Phi) is 11.7. The molecule has 71 heavy (non-hydrogen) atoms. The maximum atomic E-state index is 13.6. The van der Waals surface area contributed by atoms with Crippen LogP contribution in [0.1, 0.15) is 92.8 Å². The van der Waals surface area contributed by atoms with Crippen LogP contribution < -0.4 is 10.1 Å². The fourth-order valence-electron chi connectivity index (χ4n) is 11.5. The summed E-state index contributed by atoms with van der Waals surface area (Å²) in [5, 5.41) is 3.42. The zero-order valence-corrected chi connectivity index (χ0v) is 39.6. The fraction of sp³-hybridized carbons (Fsp3) is 0.328. The lowest BCUT2D eigenvalue weighted by molar-refractivity contribution is -0.139. The van der Waals surface area contributed by atoms with E-state index in [2.05, 4.69) is 79.4 Å². The van der Waals surface area contributed by atoms with Crippen molar-refractivity contribution in [1.82, 2.24) is 39.9 Å². The molecule has 4 fully saturated rings. The second kappa shape index (κ2) is 18.7. The summed E-state index contributed by atoms with van der Waals surface area (Å²) in [6.45, 7) is 6.49. The summed E-state index contributed by atoms with van der Waals surface area (Å²) in [7, 11) is 0. The van der Waals surface area contributed by atoms with Crippen LogP contribution in [-0.4, -0.2) is 116 Å². The number of imide groups is 1. The van der Waals surface area contributed by atoms with Crippen molar-refractivity contribution >= 4 is 46.7 Å². The Morgan fingerprint density at radius 1 is 0.817 bits per heavy atom. The zero-order valence-electron chi connectivity index (χ0n) is 39.6. The van der Waals surface area contributed by atoms with Crippen molar-refractivity contribution in [2.75, 3.05) is 39.3 Å². The Bertz CT molecular complexity index is 3170. The number of amides is 4. The highest BCUT2D eigenvalue weighted by Gasteiger charge is 2.55. The second-order valence-corrected chi connectivity index (χ2v) is 20.2. The number of piperidine rings is 2. The standard InChI is InChI=1S/C58H54N8O5/c67-53-21-20-51(55(68)62-53)66-34-48-47(57(66)70)7-3-9-52(48)71-46-30-58(31-46)36-65(37-58)45-23-26-63(27-24-45)25-4-5-38-10-12-39(13-11-38)14-15-40-16-18-41(19-17-40)56(69)64-28-22-43-32-60-54(61-50(43)35-64)44-29-42-6-1-2-8-49(42)59-33-44/h1-3,6-19,29,32-33,45-46,51H,20-28,30-31,34-37H2,(H,62,67,68)/b15-14+. The maximum Gasteiger partial charge on any atom is 0.255 e. The van der Waals surface area contributed by atoms with Crippen LogP contribution in [0.3, 0.4) is 0 Å². The summed E-state index contributed by atoms with van der Waals surface area (Å²) in [6, 6.07) is 31.7. The van der Waals surface area contributed by atoms with Crippen LogP contribution >= 0.6 is 0 Å². The fourth-order valence-corrected chi connectivity index (χ4v) is 11.5. The minimum absolute atomic E-state index is 0.00443. The average molecular weight is 943 g/mol. The van der Waals surface area contributed by atoms with E-state index in [9.17, 15) is 19.2 Å². The van der Waals surface area contributed by atoms with E-state index < -0.39 is 11.9 Å². The molecule has 1 N–H and O–H groups in total. The number of hydrogen-bond donors (Lipinski definition) is 1. The second-order valence-electron chi connectivity index (χ2n) is 20.2. The predicted octanol–water partition coefficient (Wildman–Crippen LogP) is 7.18. The molecule has 1 saturated carbocycles. The van der Waals surface area contributed by atoms with Crippen LogP contribution in [0.4, 0.5) is 0 Å². The van der Waals surface area contributed by atoms with Crippen LogP contribution in [-0.2, 0) is 29.1 Å². The Labute approximate surface area is 412 Å². The van der Waals surface area contributed by atoms with Crippen molar-refractivity contribution < 1.29 is 23.9 Å². The molecule has 4 amide bonds. The molecular formula is C58H54N8O5. The van der Waals surface area contributed by atoms with Gasteiger partial charge in [0.2, 0.25) is 11.8 Å². The number of fused-ring (bicyclic) bond motifs is 3. The van der Waals surface area contributed by atoms with Gasteiger partial charge in [0.05, 0.1) is 36.9 Å². The molecular weight excluding hydrogens is 889 g/mol. The highest BCUT2D eigenvalue weighted by Crippen LogP contribution is 2.51. The van der Waals surface area contributed by atoms with Gasteiger partial charge >= 0.3 is 0 Å². The van der Waals surface area contributed by atoms with Crippen molar-refractivity contribution in [1.29, 1.82) is 0 Å². The molecule has 6 aromatic rings. The van der Waals surface area contributed by atoms with Crippen molar-refractivity contribution in [2.45, 2.75) is 76.2 Å². The Balaban J connectivity index is 0.566. The van der Waals surface area contributed by atoms with E-state index in [0.717, 1.165) is 114 Å². The number of carbonyl (C=O) groups is 4. The molecule has 12 rings (SSSR count). The van der Waals surface area contributed by atoms with E-state index in [1.807, 2.05) is 78.0 Å². The quantitative estimate of drug-likeness (QED) is 0.0901. The third kappa shape index (κ3) is 9.10. The molecule has 356 valence electrons. The van der Waals surface area contributed by atoms with Crippen LogP contribution in [0.15, 0.2) is 109 Å². The van der Waals surface area contributed by atoms with Gasteiger partial charge in [-0.3, -0.25) is 39.3 Å². The molecule has 6 aliphatic rings. The van der Waals surface area contributed by atoms with E-state index in [0.29, 0.717) is 60.9 Å². The van der Waals surface area contributed by atoms with Gasteiger partial charge in [-0.25, -0.2) is 9.97 Å². The molecule has 1 unspecified atom stereocenters. The number of ether oxygens (including phenoxy) is 1. The number of aromatic nitrogens is 3. The first-order valence-electron chi connectivity index (χ1n) is 25.0. The van der Waals surface area contributed by atoms with Gasteiger partial charge in [-0.05, 0) is 104 Å². The summed E-state index contributed by atoms with van der Waals surface area (Å²) < 4.78 is 6.51. The van der Waals surface area contributed by atoms with E-state index in [4.69, 9.17) is 9.72 Å². The summed E-state index contributed by atoms with van der Waals surface area (Å²) in [5.41, 5.74) is 9.26. The SMILES string of the molecule is O=C1CCC(N2Cc3c(OC4CC5(C4)CN(C4CCN(CC#Cc6ccc(/C=C/c7ccc(C(=O)N8CCc9cnc(-c%10cnc%11ccccc%11c%10)nc9C8)cc7)cc6)CC4)C5)cccc3C2=O)C(=O)N1. The van der Waals surface area contributed by atoms with Crippen LogP contribution in [0.5, 0.6) is 5.75 Å². The van der Waals surface area contributed by atoms with Gasteiger partial charge in [-0.1, -0.05) is 72.5 Å². The number of rotatable bonds is 9. The number of nitrogens with zero attached hydrogens (tertiary/aromatic N) is 7. The normalized spacial score (nSPS) is 20.3. The van der Waals surface area contributed by atoms with Gasteiger partial charge in [-0.15, -0.1) is 0 Å². The first-order chi connectivity index (χ1) is 34.7. The number of carbonyl (C=O) groups excluding carboxylic acids is 4. The average Bonchev–Trinajstić information content (AvgIpc) is 3.72. The molecule has 7 heterocycles. The van der Waals surface area contributed by atoms with Crippen LogP contribution in [0.2, 0.25) is 0 Å². The molecule has 0 radical (unpaired) electrons. The largest absolute Gasteiger partial charge is 0.490 e. The molecule has 13 nitrogen and oxygen atoms in total. The third-order valence-corrected chi connectivity index (χ3v) is 15.5. The van der Waals surface area contributed by atoms with Crippen molar-refractivity contribution in [3.05, 3.63) is 154 Å². The molecule has 1 spiro atoms. The van der Waals surface area contributed by atoms with E-state index in [-0.39, 0.29) is 30.2 Å². The molecule has 1 atom stereocenters. The molecule has 4 aromatic carbocycles. The molecule has 1 aliphatic carbocycles. The molecule has 13 heteroatoms. The predicted molar refractivity (Wildman–Crippen MR) is 270 cm³/mol. The molecule has 5 aliphatic heterocycles. The Morgan fingerprint density at radius 2 is 1.59 bits per heavy atom. The number of pyridine rings is 1. The van der Waals surface area contributed by atoms with E-state index in [1.165, 1.54) is 0 Å². The summed E-state index contributed by atoms with van der Waals surface area (Å²) in [5.74, 6) is 7.28. The lowest BCUT2D eigenvalue weighted by Crippen LogP contribution is -2.67. The molecule has 2 aromatic heterocycles. The van der Waals surface area contributed by atoms with Crippen molar-refractivity contribution in [3.8, 4) is 29.0 Å². The zero-order chi connectivity index (χ0) is 48.1. The smallest absolute Gasteiger partial charge is 0.255 e. The molecule has 3 saturated heterocycles. The van der Waals surface area contributed by atoms with Crippen molar-refractivity contribution in [3.63, 3.8) is 0 Å². The van der Waals surface area contributed by atoms with Gasteiger partial charge in [0.1, 0.15) is 11.8 Å². The van der Waals surface area contributed by atoms with E-state index in [1.54, 1.807) is 11.0 Å². The van der Waals surface area contributed by atoms with Gasteiger partial charge in [0.25, 0.3) is 11.8 Å². The monoisotopic (exact) mass is 942 g/mol. The van der Waals surface area contributed by atoms with Gasteiger partial charge in [0.15, 0.2) is 5.82 Å². The van der Waals surface area contributed by atoms with Crippen molar-refractivity contribution in [2.24, 2.45) is 5.41 Å². The number of likely N-dealkylation sites (tertiary alicyclic amines) is 2. The highest BCUT2D eigenvalue weighted by molar-refractivity contribution is 6.05. The summed E-state index contributed by atoms with van der Waals surface area (Å²) in [4.78, 5) is 73.8. The number of para-hydroxylation sites is 1. The number of benzene rings is 4. The first-order valence-corrected chi connectivity index (χ1v) is 25.0. The van der Waals surface area contributed by atoms with Gasteiger partial charge in [-0.2, -0.15) is 0 Å². The lowest BCUT2D eigenvalue weighted by atomic mass is 9.61. The van der Waals surface area contributed by atoms with E-state index >= 15 is 0 Å². The minimum Gasteiger partial charge on any atom is -0.490 e. The topological polar surface area (TPSA) is 141 Å². The summed E-state index contributed by atoms with van der Waals surface area (Å²) >= 11 is 0. The van der Waals surface area contributed by atoms with Gasteiger partial charge in [0, 0.05) is 96.2 Å². The van der Waals surface area contributed by atoms with Crippen LogP contribution in [0.25, 0.3) is 34.4 Å². The Hall–Kier alpha value is -7.53. The highest BCUT2D eigenvalue weighted by atomic mass is 16.5. The third-order valence-electron chi connectivity index (χ3n) is 15.5. The lowest BCUT2D eigenvalue weighted by Gasteiger charge is -2.61. The first kappa shape index (κ1) is 44.7. The van der Waals surface area contributed by atoms with Crippen LogP contribution in [0, 0.1) is 17.3 Å². The number of nitrogens with one attached hydrogen (secondary N) is 1. The van der Waals surface area contributed by atoms with Gasteiger partial charge < -0.3 is 14.5 Å². The summed E-state index contributed by atoms with van der Waals surface area (Å²) in [6.07, 6.45) is 13.6. The molecule has 0 bridgehead atoms. The Morgan fingerprint density at radius 3 is 2.38 bits per heavy atom. The number of hydrogen-bond acceptors (Lipinski definition) is 10.